The molecule has 0 atom stereocenters. The Morgan fingerprint density at radius 2 is 1.90 bits per heavy atom. The maximum atomic E-state index is 13.2. The quantitative estimate of drug-likeness (QED) is 0.882. The van der Waals surface area contributed by atoms with Gasteiger partial charge in [-0.2, -0.15) is 0 Å². The summed E-state index contributed by atoms with van der Waals surface area (Å²) in [6.07, 6.45) is 0.823. The number of nitrogens with zero attached hydrogens (tertiary/aromatic N) is 1. The Labute approximate surface area is 120 Å². The number of carbonyl (C=O) groups excluding carboxylic acids is 1. The van der Waals surface area contributed by atoms with Crippen molar-refractivity contribution in [3.05, 3.63) is 29.3 Å². The lowest BCUT2D eigenvalue weighted by Crippen LogP contribution is -2.34. The Kier molecular flexibility index (Phi) is 3.85. The van der Waals surface area contributed by atoms with Gasteiger partial charge in [0.05, 0.1) is 11.3 Å². The number of amides is 2. The lowest BCUT2D eigenvalue weighted by molar-refractivity contribution is 0.0697. The number of likely N-dealkylation sites (tertiary alicyclic amines) is 1. The predicted octanol–water partition coefficient (Wildman–Crippen LogP) is 2.93. The fourth-order valence-corrected chi connectivity index (χ4v) is 2.31. The van der Waals surface area contributed by atoms with Crippen molar-refractivity contribution in [2.24, 2.45) is 5.41 Å². The van der Waals surface area contributed by atoms with Gasteiger partial charge in [0.2, 0.25) is 0 Å². The van der Waals surface area contributed by atoms with Gasteiger partial charge in [-0.25, -0.2) is 18.4 Å². The second-order valence-corrected chi connectivity index (χ2v) is 5.88. The van der Waals surface area contributed by atoms with Gasteiger partial charge in [-0.1, -0.05) is 13.8 Å². The van der Waals surface area contributed by atoms with Gasteiger partial charge < -0.3 is 15.3 Å². The van der Waals surface area contributed by atoms with Crippen molar-refractivity contribution in [3.8, 4) is 0 Å². The molecule has 0 spiro atoms. The molecule has 0 unspecified atom stereocenters. The number of carbonyl (C=O) groups is 2. The Balaban J connectivity index is 2.21. The summed E-state index contributed by atoms with van der Waals surface area (Å²) in [6, 6.07) is 0.716. The molecule has 1 fully saturated rings. The Bertz CT molecular complexity index is 602. The average Bonchev–Trinajstić information content (AvgIpc) is 2.73. The van der Waals surface area contributed by atoms with E-state index in [0.29, 0.717) is 25.2 Å². The minimum absolute atomic E-state index is 0.0129. The lowest BCUT2D eigenvalue weighted by Gasteiger charge is -2.20. The maximum absolute atomic E-state index is 13.2. The zero-order valence-corrected chi connectivity index (χ0v) is 11.7. The third-order valence-corrected chi connectivity index (χ3v) is 3.50. The van der Waals surface area contributed by atoms with E-state index in [-0.39, 0.29) is 11.1 Å². The van der Waals surface area contributed by atoms with Crippen molar-refractivity contribution in [2.45, 2.75) is 20.3 Å². The number of nitrogens with one attached hydrogen (secondary N) is 1. The maximum Gasteiger partial charge on any atom is 0.337 e. The number of rotatable bonds is 2. The van der Waals surface area contributed by atoms with E-state index in [4.69, 9.17) is 5.11 Å². The van der Waals surface area contributed by atoms with Crippen LogP contribution in [0.3, 0.4) is 0 Å². The molecule has 0 saturated carbocycles. The molecule has 2 rings (SSSR count). The molecule has 1 saturated heterocycles. The van der Waals surface area contributed by atoms with Gasteiger partial charge in [0.15, 0.2) is 11.6 Å². The highest BCUT2D eigenvalue weighted by molar-refractivity contribution is 6.00. The number of carboxylic acid groups (broad SMARTS) is 1. The van der Waals surface area contributed by atoms with Crippen LogP contribution >= 0.6 is 0 Å². The number of benzene rings is 1. The minimum Gasteiger partial charge on any atom is -0.478 e. The number of aromatic carboxylic acids is 1. The first kappa shape index (κ1) is 15.2. The highest BCUT2D eigenvalue weighted by atomic mass is 19.2. The van der Waals surface area contributed by atoms with Gasteiger partial charge in [0.1, 0.15) is 0 Å². The van der Waals surface area contributed by atoms with Gasteiger partial charge in [-0.05, 0) is 17.9 Å². The second-order valence-electron chi connectivity index (χ2n) is 5.88. The second kappa shape index (κ2) is 5.31. The van der Waals surface area contributed by atoms with E-state index in [1.807, 2.05) is 13.8 Å². The van der Waals surface area contributed by atoms with Crippen molar-refractivity contribution in [1.29, 1.82) is 0 Å². The zero-order valence-electron chi connectivity index (χ0n) is 11.7. The fraction of sp³-hybridized carbons (Fsp3) is 0.429. The topological polar surface area (TPSA) is 69.6 Å². The molecule has 7 heteroatoms. The van der Waals surface area contributed by atoms with Crippen LogP contribution in [0, 0.1) is 17.0 Å². The number of hydrogen-bond donors (Lipinski definition) is 2. The molecule has 1 aliphatic heterocycles. The van der Waals surface area contributed by atoms with Crippen molar-refractivity contribution in [1.82, 2.24) is 4.90 Å². The van der Waals surface area contributed by atoms with E-state index >= 15 is 0 Å². The Hall–Kier alpha value is -2.18. The smallest absolute Gasteiger partial charge is 0.337 e. The molecule has 114 valence electrons. The van der Waals surface area contributed by atoms with Crippen molar-refractivity contribution < 1.29 is 23.5 Å². The van der Waals surface area contributed by atoms with Gasteiger partial charge in [0, 0.05) is 19.2 Å². The van der Waals surface area contributed by atoms with Crippen LogP contribution in [0.15, 0.2) is 12.1 Å². The van der Waals surface area contributed by atoms with Gasteiger partial charge in [-0.3, -0.25) is 0 Å². The third-order valence-electron chi connectivity index (χ3n) is 3.50. The average molecular weight is 298 g/mol. The lowest BCUT2D eigenvalue weighted by atomic mass is 9.93. The fourth-order valence-electron chi connectivity index (χ4n) is 2.31. The SMILES string of the molecule is CC1(C)CCN(C(=O)Nc2cc(F)c(F)cc2C(=O)O)C1. The first-order chi connectivity index (χ1) is 9.69. The molecule has 2 N–H and O–H groups in total. The van der Waals surface area contributed by atoms with Crippen molar-refractivity contribution >= 4 is 17.7 Å². The minimum atomic E-state index is -1.44. The standard InChI is InChI=1S/C14H16F2N2O3/c1-14(2)3-4-18(7-14)13(21)17-11-6-10(16)9(15)5-8(11)12(19)20/h5-6H,3-4,7H2,1-2H3,(H,17,21)(H,19,20). The largest absolute Gasteiger partial charge is 0.478 e. The van der Waals surface area contributed by atoms with E-state index in [1.54, 1.807) is 0 Å². The third kappa shape index (κ3) is 3.29. The summed E-state index contributed by atoms with van der Waals surface area (Å²) < 4.78 is 26.3. The molecule has 0 aliphatic carbocycles. The molecule has 0 radical (unpaired) electrons. The summed E-state index contributed by atoms with van der Waals surface area (Å²) in [7, 11) is 0. The monoisotopic (exact) mass is 298 g/mol. The number of halogens is 2. The molecule has 1 heterocycles. The van der Waals surface area contributed by atoms with Crippen LogP contribution in [0.25, 0.3) is 0 Å². The van der Waals surface area contributed by atoms with Gasteiger partial charge in [0.25, 0.3) is 0 Å². The molecular weight excluding hydrogens is 282 g/mol. The number of urea groups is 1. The molecule has 1 aliphatic rings. The molecule has 1 aromatic rings. The van der Waals surface area contributed by atoms with Crippen LogP contribution in [0.1, 0.15) is 30.6 Å². The number of anilines is 1. The summed E-state index contributed by atoms with van der Waals surface area (Å²) in [4.78, 5) is 24.6. The highest BCUT2D eigenvalue weighted by Gasteiger charge is 2.32. The molecule has 0 bridgehead atoms. The van der Waals surface area contributed by atoms with Crippen LogP contribution < -0.4 is 5.32 Å². The van der Waals surface area contributed by atoms with Crippen LogP contribution in [0.4, 0.5) is 19.3 Å². The van der Waals surface area contributed by atoms with Crippen LogP contribution in [-0.2, 0) is 0 Å². The number of carboxylic acids is 1. The molecule has 5 nitrogen and oxygen atoms in total. The van der Waals surface area contributed by atoms with E-state index in [2.05, 4.69) is 5.32 Å². The van der Waals surface area contributed by atoms with Crippen LogP contribution in [-0.4, -0.2) is 35.1 Å². The molecule has 21 heavy (non-hydrogen) atoms. The zero-order chi connectivity index (χ0) is 15.8. The highest BCUT2D eigenvalue weighted by Crippen LogP contribution is 2.29. The molecular formula is C14H16F2N2O3. The summed E-state index contributed by atoms with van der Waals surface area (Å²) in [6.45, 7) is 5.08. The Morgan fingerprint density at radius 3 is 2.43 bits per heavy atom. The summed E-state index contributed by atoms with van der Waals surface area (Å²) in [5, 5.41) is 11.3. The normalized spacial score (nSPS) is 16.9. The van der Waals surface area contributed by atoms with E-state index < -0.39 is 29.2 Å². The summed E-state index contributed by atoms with van der Waals surface area (Å²) in [5.74, 6) is -3.92. The van der Waals surface area contributed by atoms with E-state index in [9.17, 15) is 18.4 Å². The van der Waals surface area contributed by atoms with Crippen molar-refractivity contribution in [2.75, 3.05) is 18.4 Å². The summed E-state index contributed by atoms with van der Waals surface area (Å²) in [5.41, 5.74) is -0.752. The summed E-state index contributed by atoms with van der Waals surface area (Å²) >= 11 is 0. The molecule has 0 aromatic heterocycles. The van der Waals surface area contributed by atoms with Crippen LogP contribution in [0.5, 0.6) is 0 Å². The number of hydrogen-bond acceptors (Lipinski definition) is 2. The molecule has 1 aromatic carbocycles. The first-order valence-corrected chi connectivity index (χ1v) is 6.48. The van der Waals surface area contributed by atoms with Gasteiger partial charge >= 0.3 is 12.0 Å². The van der Waals surface area contributed by atoms with E-state index in [1.165, 1.54) is 4.90 Å². The van der Waals surface area contributed by atoms with Gasteiger partial charge in [-0.15, -0.1) is 0 Å². The Morgan fingerprint density at radius 1 is 1.29 bits per heavy atom. The first-order valence-electron chi connectivity index (χ1n) is 6.48. The molecule has 2 amide bonds. The predicted molar refractivity (Wildman–Crippen MR) is 72.3 cm³/mol. The van der Waals surface area contributed by atoms with Crippen molar-refractivity contribution in [3.63, 3.8) is 0 Å². The van der Waals surface area contributed by atoms with Crippen LogP contribution in [0.2, 0.25) is 0 Å². The van der Waals surface area contributed by atoms with E-state index in [0.717, 1.165) is 6.42 Å².